The Labute approximate surface area is 118 Å². The molecular weight excluding hydrogens is 316 g/mol. The first kappa shape index (κ1) is 12.9. The molecule has 6 heteroatoms. The van der Waals surface area contributed by atoms with Gasteiger partial charge in [0.25, 0.3) is 0 Å². The minimum absolute atomic E-state index is 0. The number of aromatic nitrogens is 3. The summed E-state index contributed by atoms with van der Waals surface area (Å²) in [6.07, 6.45) is 3.59. The van der Waals surface area contributed by atoms with Crippen molar-refractivity contribution in [2.24, 2.45) is 0 Å². The first-order valence-corrected chi connectivity index (χ1v) is 5.89. The first-order chi connectivity index (χ1) is 8.24. The third kappa shape index (κ3) is 2.19. The third-order valence-corrected chi connectivity index (χ3v) is 3.09. The second-order valence-electron chi connectivity index (χ2n) is 3.69. The van der Waals surface area contributed by atoms with E-state index in [4.69, 9.17) is 5.73 Å². The molecule has 0 saturated heterocycles. The van der Waals surface area contributed by atoms with Crippen LogP contribution in [0.5, 0.6) is 0 Å². The van der Waals surface area contributed by atoms with Gasteiger partial charge in [-0.15, -0.1) is 12.4 Å². The fraction of sp³-hybridized carbons (Fsp3) is 0. The van der Waals surface area contributed by atoms with Gasteiger partial charge in [0, 0.05) is 33.3 Å². The predicted octanol–water partition coefficient (Wildman–Crippen LogP) is 3.39. The van der Waals surface area contributed by atoms with Crippen LogP contribution in [0.2, 0.25) is 0 Å². The van der Waals surface area contributed by atoms with Gasteiger partial charge in [-0.05, 0) is 18.2 Å². The summed E-state index contributed by atoms with van der Waals surface area (Å²) < 4.78 is 1.04. The van der Waals surface area contributed by atoms with E-state index in [0.29, 0.717) is 0 Å². The monoisotopic (exact) mass is 324 g/mol. The van der Waals surface area contributed by atoms with Gasteiger partial charge >= 0.3 is 0 Å². The maximum absolute atomic E-state index is 5.59. The average Bonchev–Trinajstić information content (AvgIpc) is 2.71. The fourth-order valence-corrected chi connectivity index (χ4v) is 2.20. The van der Waals surface area contributed by atoms with Crippen molar-refractivity contribution in [1.29, 1.82) is 0 Å². The van der Waals surface area contributed by atoms with Crippen LogP contribution in [0, 0.1) is 0 Å². The van der Waals surface area contributed by atoms with Crippen molar-refractivity contribution in [2.45, 2.75) is 0 Å². The van der Waals surface area contributed by atoms with Crippen LogP contribution in [-0.4, -0.2) is 15.0 Å². The molecule has 3 rings (SSSR count). The molecule has 2 heterocycles. The molecule has 0 aliphatic carbocycles. The van der Waals surface area contributed by atoms with Gasteiger partial charge in [0.05, 0.1) is 5.69 Å². The summed E-state index contributed by atoms with van der Waals surface area (Å²) in [6.45, 7) is 0. The Bertz CT molecular complexity index is 695. The number of fused-ring (bicyclic) bond motifs is 1. The molecule has 1 aromatic carbocycles. The molecule has 0 unspecified atom stereocenters. The summed E-state index contributed by atoms with van der Waals surface area (Å²) >= 11 is 3.44. The number of nitrogens with two attached hydrogens (primary N) is 1. The number of halogens is 2. The number of hydrogen-bond donors (Lipinski definition) is 2. The van der Waals surface area contributed by atoms with Gasteiger partial charge in [0.15, 0.2) is 0 Å². The number of H-pyrrole nitrogens is 1. The van der Waals surface area contributed by atoms with E-state index in [0.717, 1.165) is 26.6 Å². The number of nitrogens with one attached hydrogen (secondary N) is 1. The molecule has 0 aliphatic rings. The van der Waals surface area contributed by atoms with Crippen molar-refractivity contribution < 1.29 is 0 Å². The quantitative estimate of drug-likeness (QED) is 0.720. The minimum Gasteiger partial charge on any atom is -0.368 e. The Morgan fingerprint density at radius 2 is 2.06 bits per heavy atom. The van der Waals surface area contributed by atoms with Crippen LogP contribution in [0.15, 0.2) is 41.1 Å². The van der Waals surface area contributed by atoms with Gasteiger partial charge in [0.2, 0.25) is 5.95 Å². The Morgan fingerprint density at radius 1 is 1.22 bits per heavy atom. The van der Waals surface area contributed by atoms with Crippen molar-refractivity contribution in [3.63, 3.8) is 0 Å². The van der Waals surface area contributed by atoms with Crippen molar-refractivity contribution in [3.8, 4) is 11.3 Å². The number of nitrogen functional groups attached to an aromatic ring is 1. The molecule has 0 spiro atoms. The molecule has 0 amide bonds. The molecule has 0 radical (unpaired) electrons. The maximum atomic E-state index is 5.59. The van der Waals surface area contributed by atoms with E-state index in [9.17, 15) is 0 Å². The molecule has 2 aromatic heterocycles. The van der Waals surface area contributed by atoms with Gasteiger partial charge < -0.3 is 10.7 Å². The molecule has 0 fully saturated rings. The number of nitrogens with zero attached hydrogens (tertiary/aromatic N) is 2. The zero-order valence-corrected chi connectivity index (χ0v) is 11.6. The largest absolute Gasteiger partial charge is 0.368 e. The van der Waals surface area contributed by atoms with E-state index in [1.54, 1.807) is 6.20 Å². The van der Waals surface area contributed by atoms with E-state index in [1.165, 1.54) is 0 Å². The van der Waals surface area contributed by atoms with Crippen LogP contribution in [0.3, 0.4) is 0 Å². The molecule has 4 nitrogen and oxygen atoms in total. The fourth-order valence-electron chi connectivity index (χ4n) is 1.83. The minimum atomic E-state index is 0. The number of rotatable bonds is 1. The summed E-state index contributed by atoms with van der Waals surface area (Å²) in [7, 11) is 0. The van der Waals surface area contributed by atoms with Crippen LogP contribution in [0.25, 0.3) is 22.2 Å². The highest BCUT2D eigenvalue weighted by molar-refractivity contribution is 9.10. The summed E-state index contributed by atoms with van der Waals surface area (Å²) in [4.78, 5) is 11.3. The SMILES string of the molecule is Cl.Nc1nccc(-c2c[nH]c3cc(Br)ccc23)n1. The van der Waals surface area contributed by atoms with Gasteiger partial charge in [-0.2, -0.15) is 0 Å². The molecule has 0 aliphatic heterocycles. The Balaban J connectivity index is 0.00000120. The lowest BCUT2D eigenvalue weighted by atomic mass is 10.1. The predicted molar refractivity (Wildman–Crippen MR) is 78.7 cm³/mol. The zero-order valence-electron chi connectivity index (χ0n) is 9.22. The van der Waals surface area contributed by atoms with Gasteiger partial charge in [0.1, 0.15) is 0 Å². The number of benzene rings is 1. The Hall–Kier alpha value is -1.59. The first-order valence-electron chi connectivity index (χ1n) is 5.09. The lowest BCUT2D eigenvalue weighted by molar-refractivity contribution is 1.19. The molecule has 0 bridgehead atoms. The van der Waals surface area contributed by atoms with E-state index in [-0.39, 0.29) is 18.4 Å². The molecule has 3 aromatic rings. The van der Waals surface area contributed by atoms with Gasteiger partial charge in [-0.1, -0.05) is 22.0 Å². The third-order valence-electron chi connectivity index (χ3n) is 2.59. The molecular formula is C12H10BrClN4. The second-order valence-corrected chi connectivity index (χ2v) is 4.61. The molecule has 3 N–H and O–H groups in total. The highest BCUT2D eigenvalue weighted by Gasteiger charge is 2.07. The van der Waals surface area contributed by atoms with E-state index >= 15 is 0 Å². The van der Waals surface area contributed by atoms with E-state index in [1.807, 2.05) is 30.5 Å². The standard InChI is InChI=1S/C12H9BrN4.ClH/c13-7-1-2-8-9(6-16-11(8)5-7)10-3-4-15-12(14)17-10;/h1-6,16H,(H2,14,15,17);1H. The summed E-state index contributed by atoms with van der Waals surface area (Å²) in [5.74, 6) is 0.286. The topological polar surface area (TPSA) is 67.6 Å². The normalized spacial score (nSPS) is 10.3. The number of aromatic amines is 1. The molecule has 0 atom stereocenters. The molecule has 0 saturated carbocycles. The van der Waals surface area contributed by atoms with E-state index in [2.05, 4.69) is 30.9 Å². The zero-order chi connectivity index (χ0) is 11.8. The highest BCUT2D eigenvalue weighted by Crippen LogP contribution is 2.29. The molecule has 18 heavy (non-hydrogen) atoms. The number of hydrogen-bond acceptors (Lipinski definition) is 3. The van der Waals surface area contributed by atoms with Crippen molar-refractivity contribution in [3.05, 3.63) is 41.1 Å². The number of anilines is 1. The Kier molecular flexibility index (Phi) is 3.54. The second kappa shape index (κ2) is 4.96. The van der Waals surface area contributed by atoms with Crippen molar-refractivity contribution >= 4 is 45.2 Å². The van der Waals surface area contributed by atoms with Crippen LogP contribution in [0.1, 0.15) is 0 Å². The van der Waals surface area contributed by atoms with Crippen molar-refractivity contribution in [1.82, 2.24) is 15.0 Å². The smallest absolute Gasteiger partial charge is 0.220 e. The van der Waals surface area contributed by atoms with Crippen LogP contribution < -0.4 is 5.73 Å². The van der Waals surface area contributed by atoms with Crippen LogP contribution in [-0.2, 0) is 0 Å². The maximum Gasteiger partial charge on any atom is 0.220 e. The van der Waals surface area contributed by atoms with Gasteiger partial charge in [-0.25, -0.2) is 9.97 Å². The summed E-state index contributed by atoms with van der Waals surface area (Å²) in [6, 6.07) is 7.93. The van der Waals surface area contributed by atoms with E-state index < -0.39 is 0 Å². The van der Waals surface area contributed by atoms with Gasteiger partial charge in [-0.3, -0.25) is 0 Å². The summed E-state index contributed by atoms with van der Waals surface area (Å²) in [5.41, 5.74) is 8.51. The average molecular weight is 326 g/mol. The Morgan fingerprint density at radius 3 is 2.83 bits per heavy atom. The van der Waals surface area contributed by atoms with Crippen LogP contribution in [0.4, 0.5) is 5.95 Å². The lowest BCUT2D eigenvalue weighted by Gasteiger charge is -1.99. The van der Waals surface area contributed by atoms with Crippen LogP contribution >= 0.6 is 28.3 Å². The molecule has 92 valence electrons. The highest BCUT2D eigenvalue weighted by atomic mass is 79.9. The lowest BCUT2D eigenvalue weighted by Crippen LogP contribution is -1.94. The van der Waals surface area contributed by atoms with Crippen molar-refractivity contribution in [2.75, 3.05) is 5.73 Å². The summed E-state index contributed by atoms with van der Waals surface area (Å²) in [5, 5.41) is 1.12.